The molecule has 2 aromatic heterocycles. The van der Waals surface area contributed by atoms with Crippen LogP contribution in [0.5, 0.6) is 5.75 Å². The van der Waals surface area contributed by atoms with Crippen molar-refractivity contribution >= 4 is 17.6 Å². The monoisotopic (exact) mass is 524 g/mol. The quantitative estimate of drug-likeness (QED) is 0.429. The fourth-order valence-corrected chi connectivity index (χ4v) is 6.48. The summed E-state index contributed by atoms with van der Waals surface area (Å²) in [6.45, 7) is 4.17. The molecule has 0 spiro atoms. The number of alkyl halides is 1. The molecule has 37 heavy (non-hydrogen) atoms. The van der Waals surface area contributed by atoms with E-state index in [-0.39, 0.29) is 29.2 Å². The van der Waals surface area contributed by atoms with Crippen molar-refractivity contribution in [3.63, 3.8) is 0 Å². The highest BCUT2D eigenvalue weighted by Gasteiger charge is 2.58. The number of fused-ring (bicyclic) bond motifs is 2. The molecule has 1 aliphatic carbocycles. The lowest BCUT2D eigenvalue weighted by molar-refractivity contribution is 0.0831. The Kier molecular flexibility index (Phi) is 5.87. The minimum Gasteiger partial charge on any atom is -0.507 e. The van der Waals surface area contributed by atoms with Crippen LogP contribution >= 0.6 is 11.8 Å². The lowest BCUT2D eigenvalue weighted by atomic mass is 9.82. The van der Waals surface area contributed by atoms with Gasteiger partial charge < -0.3 is 15.3 Å². The average molecular weight is 525 g/mol. The van der Waals surface area contributed by atoms with Crippen molar-refractivity contribution in [3.05, 3.63) is 42.5 Å². The number of hydrogen-bond acceptors (Lipinski definition) is 8. The predicted molar refractivity (Wildman–Crippen MR) is 140 cm³/mol. The average Bonchev–Trinajstić information content (AvgIpc) is 3.67. The van der Waals surface area contributed by atoms with Crippen molar-refractivity contribution in [2.75, 3.05) is 11.2 Å². The van der Waals surface area contributed by atoms with E-state index in [1.807, 2.05) is 6.92 Å². The maximum absolute atomic E-state index is 15.8. The molecule has 2 bridgehead atoms. The van der Waals surface area contributed by atoms with Gasteiger partial charge in [-0.3, -0.25) is 0 Å². The topological polar surface area (TPSA) is 87.1 Å². The summed E-state index contributed by atoms with van der Waals surface area (Å²) in [6, 6.07) is 6.35. The maximum atomic E-state index is 15.8. The summed E-state index contributed by atoms with van der Waals surface area (Å²) in [7, 11) is 0. The molecule has 3 aromatic rings. The van der Waals surface area contributed by atoms with Gasteiger partial charge in [0.2, 0.25) is 0 Å². The minimum atomic E-state index is -1.02. The van der Waals surface area contributed by atoms with Crippen molar-refractivity contribution in [2.45, 2.75) is 80.3 Å². The fourth-order valence-electron chi connectivity index (χ4n) is 6.06. The Balaban J connectivity index is 1.27. The van der Waals surface area contributed by atoms with E-state index in [2.05, 4.69) is 37.3 Å². The van der Waals surface area contributed by atoms with E-state index in [9.17, 15) is 9.50 Å². The first-order valence-electron chi connectivity index (χ1n) is 12.6. The van der Waals surface area contributed by atoms with E-state index in [0.717, 1.165) is 25.7 Å². The number of aromatic hydroxyl groups is 1. The van der Waals surface area contributed by atoms with Crippen LogP contribution < -0.4 is 10.2 Å². The first-order chi connectivity index (χ1) is 17.7. The van der Waals surface area contributed by atoms with E-state index >= 15 is 4.39 Å². The molecule has 1 aromatic carbocycles. The molecule has 6 rings (SSSR count). The summed E-state index contributed by atoms with van der Waals surface area (Å²) in [5, 5.41) is 23.3. The number of thioether (sulfide) groups is 1. The van der Waals surface area contributed by atoms with Crippen LogP contribution in [0, 0.1) is 5.82 Å². The molecule has 0 amide bonds. The van der Waals surface area contributed by atoms with Gasteiger partial charge in [-0.1, -0.05) is 6.07 Å². The summed E-state index contributed by atoms with van der Waals surface area (Å²) in [5.74, 6) is 0.392. The second kappa shape index (κ2) is 8.87. The molecule has 1 saturated carbocycles. The predicted octanol–water partition coefficient (Wildman–Crippen LogP) is 5.15. The molecule has 10 heteroatoms. The number of nitrogens with zero attached hydrogens (tertiary/aromatic N) is 5. The highest BCUT2D eigenvalue weighted by atomic mass is 32.2. The third-order valence-electron chi connectivity index (χ3n) is 8.07. The number of phenolic OH excluding ortho intramolecular Hbond substituents is 1. The molecule has 3 aliphatic rings. The zero-order valence-electron chi connectivity index (χ0n) is 21.1. The van der Waals surface area contributed by atoms with Crippen molar-refractivity contribution in [1.82, 2.24) is 25.5 Å². The molecule has 2 saturated heterocycles. The van der Waals surface area contributed by atoms with Crippen LogP contribution in [-0.4, -0.2) is 60.9 Å². The number of hydrogen-bond donors (Lipinski definition) is 2. The molecule has 3 fully saturated rings. The first-order valence-corrected chi connectivity index (χ1v) is 13.9. The van der Waals surface area contributed by atoms with Crippen molar-refractivity contribution in [1.29, 1.82) is 0 Å². The van der Waals surface area contributed by atoms with Gasteiger partial charge in [-0.2, -0.15) is 0 Å². The number of anilines is 1. The van der Waals surface area contributed by atoms with Gasteiger partial charge in [0.15, 0.2) is 17.5 Å². The largest absolute Gasteiger partial charge is 0.507 e. The Morgan fingerprint density at radius 3 is 2.54 bits per heavy atom. The third kappa shape index (κ3) is 4.33. The first kappa shape index (κ1) is 24.5. The number of pyridine rings is 1. The molecular formula is C27H30F2N6OS. The molecule has 194 valence electrons. The van der Waals surface area contributed by atoms with Crippen LogP contribution in [0.1, 0.15) is 46.0 Å². The second-order valence-corrected chi connectivity index (χ2v) is 11.8. The number of rotatable bonds is 6. The van der Waals surface area contributed by atoms with Crippen molar-refractivity contribution < 1.29 is 13.9 Å². The summed E-state index contributed by atoms with van der Waals surface area (Å²) in [5.41, 5.74) is 0.982. The van der Waals surface area contributed by atoms with Gasteiger partial charge in [-0.25, -0.2) is 18.7 Å². The molecule has 0 unspecified atom stereocenters. The Morgan fingerprint density at radius 1 is 1.08 bits per heavy atom. The number of benzene rings is 1. The number of nitrogens with one attached hydrogen (secondary N) is 1. The summed E-state index contributed by atoms with van der Waals surface area (Å²) in [6.07, 6.45) is 8.45. The third-order valence-corrected chi connectivity index (χ3v) is 8.76. The second-order valence-electron chi connectivity index (χ2n) is 11.0. The molecule has 2 aliphatic heterocycles. The van der Waals surface area contributed by atoms with Gasteiger partial charge in [-0.05, 0) is 76.0 Å². The van der Waals surface area contributed by atoms with Crippen LogP contribution in [0.25, 0.3) is 22.5 Å². The lowest BCUT2D eigenvalue weighted by Crippen LogP contribution is -2.66. The van der Waals surface area contributed by atoms with Gasteiger partial charge in [0.25, 0.3) is 0 Å². The van der Waals surface area contributed by atoms with E-state index in [1.54, 1.807) is 30.8 Å². The van der Waals surface area contributed by atoms with Crippen LogP contribution in [-0.2, 0) is 0 Å². The van der Waals surface area contributed by atoms with E-state index in [0.29, 0.717) is 34.0 Å². The number of halogens is 2. The van der Waals surface area contributed by atoms with E-state index < -0.39 is 17.5 Å². The molecule has 4 atom stereocenters. The van der Waals surface area contributed by atoms with Crippen LogP contribution in [0.4, 0.5) is 14.6 Å². The van der Waals surface area contributed by atoms with Crippen molar-refractivity contribution in [2.24, 2.45) is 0 Å². The summed E-state index contributed by atoms with van der Waals surface area (Å²) < 4.78 is 30.0. The van der Waals surface area contributed by atoms with Gasteiger partial charge in [0, 0.05) is 28.9 Å². The summed E-state index contributed by atoms with van der Waals surface area (Å²) in [4.78, 5) is 10.7. The molecule has 0 radical (unpaired) electrons. The lowest BCUT2D eigenvalue weighted by Gasteiger charge is -2.48. The van der Waals surface area contributed by atoms with Gasteiger partial charge in [0.1, 0.15) is 16.9 Å². The molecule has 7 nitrogen and oxygen atoms in total. The highest BCUT2D eigenvalue weighted by Crippen LogP contribution is 2.47. The van der Waals surface area contributed by atoms with Gasteiger partial charge >= 0.3 is 0 Å². The number of aromatic nitrogens is 4. The normalized spacial score (nSPS) is 28.9. The minimum absolute atomic E-state index is 0.0416. The zero-order valence-corrected chi connectivity index (χ0v) is 21.9. The Labute approximate surface area is 219 Å². The standard InChI is InChI=1S/C27H30F2N6OS/c1-26-8-9-27(2,34-26)23(29)20(12-26)35(17-5-6-17)22-14-30-24(33-32-22)18-7-4-15(11-21(18)36)16-10-19(28)25(37-3)31-13-16/h4,7,10-11,13-14,17,20,23,34,36H,5-6,8-9,12H2,1-3H3/t20-,23-,26-,27+/m1/s1. The summed E-state index contributed by atoms with van der Waals surface area (Å²) >= 11 is 1.24. The van der Waals surface area contributed by atoms with Crippen LogP contribution in [0.2, 0.25) is 0 Å². The smallest absolute Gasteiger partial charge is 0.185 e. The van der Waals surface area contributed by atoms with E-state index in [4.69, 9.17) is 0 Å². The van der Waals surface area contributed by atoms with Crippen LogP contribution in [0.3, 0.4) is 0 Å². The van der Waals surface area contributed by atoms with Gasteiger partial charge in [-0.15, -0.1) is 22.0 Å². The maximum Gasteiger partial charge on any atom is 0.185 e. The molecule has 4 heterocycles. The molecule has 2 N–H and O–H groups in total. The Hall–Kier alpha value is -2.85. The SMILES string of the molecule is CSc1ncc(-c2ccc(-c3ncc(N(C4CC4)[C@@H]4C[C@@]5(C)CC[C@](C)(N5)[C@@H]4F)nn3)c(O)c2)cc1F. The van der Waals surface area contributed by atoms with Crippen LogP contribution in [0.15, 0.2) is 41.7 Å². The Morgan fingerprint density at radius 2 is 1.89 bits per heavy atom. The highest BCUT2D eigenvalue weighted by molar-refractivity contribution is 7.98. The zero-order chi connectivity index (χ0) is 25.9. The van der Waals surface area contributed by atoms with E-state index in [1.165, 1.54) is 23.9 Å². The van der Waals surface area contributed by atoms with Gasteiger partial charge in [0.05, 0.1) is 17.8 Å². The molecular weight excluding hydrogens is 494 g/mol. The number of piperidine rings is 1. The van der Waals surface area contributed by atoms with Crippen molar-refractivity contribution in [3.8, 4) is 28.3 Å². The number of phenols is 1. The fraction of sp³-hybridized carbons (Fsp3) is 0.481. The Bertz CT molecular complexity index is 1340.